The number of aromatic nitrogens is 2. The van der Waals surface area contributed by atoms with E-state index in [1.807, 2.05) is 13.8 Å². The SMILES string of the molecule is Cc1cc(C)nc(C(F)(F)F)c1.Cc1cc(C)nc(C)c1. The Balaban J connectivity index is 0.000000219. The van der Waals surface area contributed by atoms with Gasteiger partial charge in [0.15, 0.2) is 0 Å². The van der Waals surface area contributed by atoms with Gasteiger partial charge in [-0.05, 0) is 70.0 Å². The van der Waals surface area contributed by atoms with E-state index in [1.165, 1.54) is 5.56 Å². The molecule has 0 atom stereocenters. The molecule has 0 N–H and O–H groups in total. The minimum absolute atomic E-state index is 0.391. The molecule has 0 aromatic carbocycles. The van der Waals surface area contributed by atoms with Crippen LogP contribution in [-0.4, -0.2) is 9.97 Å². The summed E-state index contributed by atoms with van der Waals surface area (Å²) in [6.07, 6.45) is -4.34. The van der Waals surface area contributed by atoms with Gasteiger partial charge < -0.3 is 0 Å². The van der Waals surface area contributed by atoms with Crippen molar-refractivity contribution in [3.63, 3.8) is 0 Å². The lowest BCUT2D eigenvalue weighted by molar-refractivity contribution is -0.141. The number of hydrogen-bond acceptors (Lipinski definition) is 2. The highest BCUT2D eigenvalue weighted by Crippen LogP contribution is 2.28. The van der Waals surface area contributed by atoms with Crippen molar-refractivity contribution < 1.29 is 13.2 Å². The molecule has 0 saturated heterocycles. The van der Waals surface area contributed by atoms with Gasteiger partial charge in [0.1, 0.15) is 5.69 Å². The highest BCUT2D eigenvalue weighted by atomic mass is 19.4. The lowest BCUT2D eigenvalue weighted by Gasteiger charge is -2.06. The van der Waals surface area contributed by atoms with Gasteiger partial charge in [0.05, 0.1) is 0 Å². The average Bonchev–Trinajstić information content (AvgIpc) is 2.24. The van der Waals surface area contributed by atoms with E-state index >= 15 is 0 Å². The number of aryl methyl sites for hydroxylation is 5. The molecule has 2 aromatic rings. The molecular formula is C16H19F3N2. The Morgan fingerprint density at radius 3 is 1.38 bits per heavy atom. The van der Waals surface area contributed by atoms with E-state index in [2.05, 4.69) is 29.0 Å². The van der Waals surface area contributed by atoms with Crippen LogP contribution < -0.4 is 0 Å². The fourth-order valence-corrected chi connectivity index (χ4v) is 2.03. The summed E-state index contributed by atoms with van der Waals surface area (Å²) >= 11 is 0. The van der Waals surface area contributed by atoms with Gasteiger partial charge in [-0.2, -0.15) is 13.2 Å². The minimum Gasteiger partial charge on any atom is -0.258 e. The molecule has 0 amide bonds. The van der Waals surface area contributed by atoms with Crippen molar-refractivity contribution in [3.05, 3.63) is 58.2 Å². The van der Waals surface area contributed by atoms with E-state index in [0.717, 1.165) is 17.5 Å². The molecule has 2 rings (SSSR count). The van der Waals surface area contributed by atoms with Gasteiger partial charge in [0.2, 0.25) is 0 Å². The van der Waals surface area contributed by atoms with Gasteiger partial charge in [-0.25, -0.2) is 4.98 Å². The third kappa shape index (κ3) is 5.94. The average molecular weight is 296 g/mol. The molecule has 0 bridgehead atoms. The fraction of sp³-hybridized carbons (Fsp3) is 0.375. The van der Waals surface area contributed by atoms with Crippen molar-refractivity contribution >= 4 is 0 Å². The van der Waals surface area contributed by atoms with E-state index in [1.54, 1.807) is 19.9 Å². The smallest absolute Gasteiger partial charge is 0.258 e. The molecule has 0 saturated carbocycles. The Morgan fingerprint density at radius 2 is 1.05 bits per heavy atom. The monoisotopic (exact) mass is 296 g/mol. The number of rotatable bonds is 0. The molecule has 0 unspecified atom stereocenters. The second-order valence-electron chi connectivity index (χ2n) is 5.10. The molecule has 0 fully saturated rings. The van der Waals surface area contributed by atoms with E-state index in [0.29, 0.717) is 11.3 Å². The van der Waals surface area contributed by atoms with Crippen LogP contribution in [0.5, 0.6) is 0 Å². The molecule has 0 spiro atoms. The van der Waals surface area contributed by atoms with Crippen LogP contribution in [0.4, 0.5) is 13.2 Å². The first-order valence-electron chi connectivity index (χ1n) is 6.52. The molecule has 21 heavy (non-hydrogen) atoms. The van der Waals surface area contributed by atoms with Crippen molar-refractivity contribution in [2.24, 2.45) is 0 Å². The zero-order valence-electron chi connectivity index (χ0n) is 12.8. The van der Waals surface area contributed by atoms with Crippen molar-refractivity contribution in [2.75, 3.05) is 0 Å². The van der Waals surface area contributed by atoms with Crippen LogP contribution in [0.25, 0.3) is 0 Å². The zero-order valence-corrected chi connectivity index (χ0v) is 12.8. The molecule has 0 aliphatic heterocycles. The van der Waals surface area contributed by atoms with Gasteiger partial charge in [0.25, 0.3) is 0 Å². The molecule has 5 heteroatoms. The Morgan fingerprint density at radius 1 is 0.667 bits per heavy atom. The van der Waals surface area contributed by atoms with Crippen LogP contribution >= 0.6 is 0 Å². The molecule has 2 aromatic heterocycles. The van der Waals surface area contributed by atoms with Crippen LogP contribution in [0.3, 0.4) is 0 Å². The van der Waals surface area contributed by atoms with Crippen molar-refractivity contribution in [3.8, 4) is 0 Å². The Hall–Kier alpha value is -1.91. The van der Waals surface area contributed by atoms with Crippen LogP contribution in [-0.2, 0) is 6.18 Å². The topological polar surface area (TPSA) is 25.8 Å². The summed E-state index contributed by atoms with van der Waals surface area (Å²) in [7, 11) is 0. The first-order valence-corrected chi connectivity index (χ1v) is 6.52. The van der Waals surface area contributed by atoms with Gasteiger partial charge in [-0.3, -0.25) is 4.98 Å². The largest absolute Gasteiger partial charge is 0.433 e. The molecule has 2 heterocycles. The van der Waals surface area contributed by atoms with Crippen molar-refractivity contribution in [1.82, 2.24) is 9.97 Å². The first kappa shape index (κ1) is 17.1. The standard InChI is InChI=1S/C8H8F3N.C8H11N/c1-5-3-6(2)12-7(4-5)8(9,10)11;1-6-4-7(2)9-8(3)5-6/h3-4H,1-2H3;4-5H,1-3H3. The van der Waals surface area contributed by atoms with E-state index < -0.39 is 11.9 Å². The second-order valence-corrected chi connectivity index (χ2v) is 5.10. The Labute approximate surface area is 123 Å². The fourth-order valence-electron chi connectivity index (χ4n) is 2.03. The van der Waals surface area contributed by atoms with Gasteiger partial charge >= 0.3 is 6.18 Å². The summed E-state index contributed by atoms with van der Waals surface area (Å²) in [6.45, 7) is 9.27. The van der Waals surface area contributed by atoms with Crippen LogP contribution in [0.2, 0.25) is 0 Å². The first-order chi connectivity index (χ1) is 9.57. The van der Waals surface area contributed by atoms with Crippen LogP contribution in [0, 0.1) is 34.6 Å². The van der Waals surface area contributed by atoms with Crippen molar-refractivity contribution in [1.29, 1.82) is 0 Å². The molecule has 0 radical (unpaired) electrons. The highest BCUT2D eigenvalue weighted by Gasteiger charge is 2.32. The molecule has 0 aliphatic carbocycles. The summed E-state index contributed by atoms with van der Waals surface area (Å²) in [4.78, 5) is 7.61. The van der Waals surface area contributed by atoms with Crippen molar-refractivity contribution in [2.45, 2.75) is 40.8 Å². The van der Waals surface area contributed by atoms with Crippen LogP contribution in [0.15, 0.2) is 24.3 Å². The number of nitrogens with zero attached hydrogens (tertiary/aromatic N) is 2. The summed E-state index contributed by atoms with van der Waals surface area (Å²) in [5.74, 6) is 0. The molecule has 0 aliphatic rings. The normalized spacial score (nSPS) is 10.9. The lowest BCUT2D eigenvalue weighted by Crippen LogP contribution is -2.08. The quantitative estimate of drug-likeness (QED) is 0.702. The summed E-state index contributed by atoms with van der Waals surface area (Å²) < 4.78 is 36.3. The van der Waals surface area contributed by atoms with Gasteiger partial charge in [0, 0.05) is 17.1 Å². The summed E-state index contributed by atoms with van der Waals surface area (Å²) in [5, 5.41) is 0. The predicted octanol–water partition coefficient (Wildman–Crippen LogP) is 4.72. The number of hydrogen-bond donors (Lipinski definition) is 0. The lowest BCUT2D eigenvalue weighted by atomic mass is 10.2. The third-order valence-electron chi connectivity index (χ3n) is 2.61. The maximum atomic E-state index is 12.1. The maximum absolute atomic E-state index is 12.1. The van der Waals surface area contributed by atoms with E-state index in [9.17, 15) is 13.2 Å². The molecule has 2 nitrogen and oxygen atoms in total. The molecular weight excluding hydrogens is 277 g/mol. The Kier molecular flexibility index (Phi) is 5.47. The third-order valence-corrected chi connectivity index (χ3v) is 2.61. The number of pyridine rings is 2. The van der Waals surface area contributed by atoms with Gasteiger partial charge in [-0.1, -0.05) is 0 Å². The minimum atomic E-state index is -4.34. The summed E-state index contributed by atoms with van der Waals surface area (Å²) in [5.41, 5.74) is 3.65. The number of halogens is 3. The zero-order chi connectivity index (χ0) is 16.2. The highest BCUT2D eigenvalue weighted by molar-refractivity contribution is 5.21. The number of alkyl halides is 3. The van der Waals surface area contributed by atoms with Crippen LogP contribution in [0.1, 0.15) is 33.9 Å². The maximum Gasteiger partial charge on any atom is 0.433 e. The Bertz CT molecular complexity index is 549. The van der Waals surface area contributed by atoms with Gasteiger partial charge in [-0.15, -0.1) is 0 Å². The predicted molar refractivity (Wildman–Crippen MR) is 77.2 cm³/mol. The summed E-state index contributed by atoms with van der Waals surface area (Å²) in [6, 6.07) is 6.79. The van der Waals surface area contributed by atoms with E-state index in [-0.39, 0.29) is 0 Å². The van der Waals surface area contributed by atoms with E-state index in [4.69, 9.17) is 0 Å². The molecule has 114 valence electrons. The second kappa shape index (κ2) is 6.70.